The smallest absolute Gasteiger partial charge is 0.270 e. The van der Waals surface area contributed by atoms with Gasteiger partial charge in [-0.3, -0.25) is 20.3 Å². The molecule has 0 aliphatic rings. The maximum absolute atomic E-state index is 13.0. The Morgan fingerprint density at radius 2 is 1.76 bits per heavy atom. The Kier molecular flexibility index (Phi) is 6.68. The third-order valence-corrected chi connectivity index (χ3v) is 5.94. The Labute approximate surface area is 189 Å². The molecular weight excluding hydrogens is 452 g/mol. The zero-order chi connectivity index (χ0) is 24.2. The number of nitrogens with one attached hydrogen (secondary N) is 2. The maximum atomic E-state index is 13.0. The molecule has 0 unspecified atom stereocenters. The number of phenols is 2. The quantitative estimate of drug-likeness (QED) is 0.219. The fourth-order valence-corrected chi connectivity index (χ4v) is 4.07. The molecular formula is C21H20N4O7S. The van der Waals surface area contributed by atoms with E-state index in [2.05, 4.69) is 15.2 Å². The van der Waals surface area contributed by atoms with Crippen molar-refractivity contribution < 1.29 is 28.3 Å². The Morgan fingerprint density at radius 1 is 1.06 bits per heavy atom. The van der Waals surface area contributed by atoms with E-state index in [-0.39, 0.29) is 28.6 Å². The van der Waals surface area contributed by atoms with E-state index in [1.54, 1.807) is 19.1 Å². The molecule has 4 N–H and O–H groups in total. The fourth-order valence-electron chi connectivity index (χ4n) is 2.84. The van der Waals surface area contributed by atoms with Crippen LogP contribution in [0, 0.1) is 10.1 Å². The van der Waals surface area contributed by atoms with Crippen LogP contribution in [-0.4, -0.2) is 36.4 Å². The number of non-ortho nitro benzene ring substituents is 1. The molecule has 0 aromatic heterocycles. The first kappa shape index (κ1) is 23.3. The van der Waals surface area contributed by atoms with Gasteiger partial charge in [-0.2, -0.15) is 5.10 Å². The maximum Gasteiger partial charge on any atom is 0.270 e. The molecule has 0 atom stereocenters. The second-order valence-corrected chi connectivity index (χ2v) is 8.43. The van der Waals surface area contributed by atoms with Gasteiger partial charge in [0.1, 0.15) is 22.1 Å². The summed E-state index contributed by atoms with van der Waals surface area (Å²) in [5, 5.41) is 34.7. The number of rotatable bonds is 8. The molecule has 0 aliphatic carbocycles. The van der Waals surface area contributed by atoms with Crippen LogP contribution in [0.2, 0.25) is 0 Å². The van der Waals surface area contributed by atoms with Gasteiger partial charge < -0.3 is 14.9 Å². The molecule has 12 heteroatoms. The van der Waals surface area contributed by atoms with Crippen LogP contribution in [0.4, 0.5) is 17.1 Å². The number of hydrazone groups is 1. The highest BCUT2D eigenvalue weighted by molar-refractivity contribution is 7.92. The minimum absolute atomic E-state index is 0.0285. The molecule has 0 aliphatic heterocycles. The first-order valence-corrected chi connectivity index (χ1v) is 10.9. The molecule has 3 aromatic rings. The average Bonchev–Trinajstić information content (AvgIpc) is 2.77. The van der Waals surface area contributed by atoms with Crippen molar-refractivity contribution in [2.75, 3.05) is 17.3 Å². The van der Waals surface area contributed by atoms with Gasteiger partial charge in [0.2, 0.25) is 0 Å². The first-order chi connectivity index (χ1) is 15.6. The van der Waals surface area contributed by atoms with E-state index in [0.29, 0.717) is 11.3 Å². The number of ether oxygens (including phenoxy) is 1. The lowest BCUT2D eigenvalue weighted by Gasteiger charge is -2.13. The number of methoxy groups -OCH3 is 1. The van der Waals surface area contributed by atoms with Crippen molar-refractivity contribution in [1.82, 2.24) is 0 Å². The van der Waals surface area contributed by atoms with Crippen LogP contribution in [0.25, 0.3) is 0 Å². The van der Waals surface area contributed by atoms with Crippen LogP contribution < -0.4 is 14.9 Å². The molecule has 0 amide bonds. The summed E-state index contributed by atoms with van der Waals surface area (Å²) >= 11 is 0. The number of phenolic OH excluding ortho intramolecular Hbond substituents is 2. The van der Waals surface area contributed by atoms with Crippen molar-refractivity contribution in [3.63, 3.8) is 0 Å². The summed E-state index contributed by atoms with van der Waals surface area (Å²) in [5.74, 6) is 0.166. The average molecular weight is 472 g/mol. The van der Waals surface area contributed by atoms with Gasteiger partial charge in [0.05, 0.1) is 23.4 Å². The van der Waals surface area contributed by atoms with Crippen LogP contribution in [0.3, 0.4) is 0 Å². The van der Waals surface area contributed by atoms with Crippen molar-refractivity contribution in [1.29, 1.82) is 0 Å². The molecule has 172 valence electrons. The number of sulfonamides is 1. The third kappa shape index (κ3) is 5.49. The summed E-state index contributed by atoms with van der Waals surface area (Å²) in [7, 11) is -2.78. The molecule has 3 aromatic carbocycles. The van der Waals surface area contributed by atoms with Crippen molar-refractivity contribution in [2.45, 2.75) is 11.8 Å². The van der Waals surface area contributed by atoms with Crippen LogP contribution >= 0.6 is 0 Å². The fraction of sp³-hybridized carbons (Fsp3) is 0.0952. The van der Waals surface area contributed by atoms with E-state index >= 15 is 0 Å². The van der Waals surface area contributed by atoms with E-state index in [0.717, 1.165) is 18.2 Å². The standard InChI is InChI=1S/C21H20N4O7S/c1-13(18-9-6-16(26)12-20(18)27)22-23-19-10-5-15(25(28)29)11-21(19)33(30,31)24-14-3-7-17(32-2)8-4-14/h3-12,23-24,26-27H,1-2H3/b22-13+. The molecule has 0 radical (unpaired) electrons. The summed E-state index contributed by atoms with van der Waals surface area (Å²) in [6.07, 6.45) is 0. The summed E-state index contributed by atoms with van der Waals surface area (Å²) in [6, 6.07) is 13.3. The van der Waals surface area contributed by atoms with E-state index in [9.17, 15) is 28.7 Å². The molecule has 0 spiro atoms. The molecule has 0 bridgehead atoms. The number of nitrogens with zero attached hydrogens (tertiary/aromatic N) is 2. The summed E-state index contributed by atoms with van der Waals surface area (Å²) in [6.45, 7) is 1.55. The molecule has 33 heavy (non-hydrogen) atoms. The number of hydrogen-bond acceptors (Lipinski definition) is 9. The lowest BCUT2D eigenvalue weighted by molar-refractivity contribution is -0.385. The van der Waals surface area contributed by atoms with Crippen molar-refractivity contribution in [3.05, 3.63) is 76.3 Å². The van der Waals surface area contributed by atoms with Gasteiger partial charge in [0.15, 0.2) is 0 Å². The van der Waals surface area contributed by atoms with E-state index in [1.807, 2.05) is 0 Å². The second kappa shape index (κ2) is 9.44. The van der Waals surface area contributed by atoms with Gasteiger partial charge in [-0.1, -0.05) is 0 Å². The Balaban J connectivity index is 1.97. The summed E-state index contributed by atoms with van der Waals surface area (Å²) in [4.78, 5) is 10.1. The number of aromatic hydroxyl groups is 2. The van der Waals surface area contributed by atoms with E-state index in [4.69, 9.17) is 4.74 Å². The lowest BCUT2D eigenvalue weighted by atomic mass is 10.1. The molecule has 3 rings (SSSR count). The summed E-state index contributed by atoms with van der Waals surface area (Å²) < 4.78 is 33.5. The zero-order valence-corrected chi connectivity index (χ0v) is 18.3. The predicted octanol–water partition coefficient (Wildman–Crippen LogP) is 3.65. The van der Waals surface area contributed by atoms with Gasteiger partial charge in [-0.15, -0.1) is 0 Å². The Morgan fingerprint density at radius 3 is 2.36 bits per heavy atom. The van der Waals surface area contributed by atoms with Gasteiger partial charge in [-0.25, -0.2) is 8.42 Å². The van der Waals surface area contributed by atoms with Gasteiger partial charge in [-0.05, 0) is 49.4 Å². The minimum atomic E-state index is -4.26. The van der Waals surface area contributed by atoms with Crippen LogP contribution in [0.15, 0.2) is 70.7 Å². The molecule has 0 saturated carbocycles. The molecule has 0 heterocycles. The predicted molar refractivity (Wildman–Crippen MR) is 123 cm³/mol. The number of benzene rings is 3. The van der Waals surface area contributed by atoms with Crippen molar-refractivity contribution in [2.24, 2.45) is 5.10 Å². The molecule has 0 saturated heterocycles. The normalized spacial score (nSPS) is 11.6. The highest BCUT2D eigenvalue weighted by Gasteiger charge is 2.23. The van der Waals surface area contributed by atoms with Crippen molar-refractivity contribution >= 4 is 32.8 Å². The first-order valence-electron chi connectivity index (χ1n) is 9.38. The van der Waals surface area contributed by atoms with Crippen LogP contribution in [0.5, 0.6) is 17.2 Å². The Hall–Kier alpha value is -4.32. The van der Waals surface area contributed by atoms with Crippen LogP contribution in [0.1, 0.15) is 12.5 Å². The number of nitro benzene ring substituents is 1. The van der Waals surface area contributed by atoms with E-state index < -0.39 is 25.5 Å². The monoisotopic (exact) mass is 472 g/mol. The molecule has 11 nitrogen and oxygen atoms in total. The zero-order valence-electron chi connectivity index (χ0n) is 17.5. The van der Waals surface area contributed by atoms with E-state index in [1.165, 1.54) is 37.4 Å². The lowest BCUT2D eigenvalue weighted by Crippen LogP contribution is -2.15. The number of nitro groups is 1. The number of anilines is 2. The highest BCUT2D eigenvalue weighted by Crippen LogP contribution is 2.29. The third-order valence-electron chi connectivity index (χ3n) is 4.52. The highest BCUT2D eigenvalue weighted by atomic mass is 32.2. The Bertz CT molecular complexity index is 1320. The van der Waals surface area contributed by atoms with Gasteiger partial charge in [0.25, 0.3) is 15.7 Å². The SMILES string of the molecule is COc1ccc(NS(=O)(=O)c2cc([N+](=O)[O-])ccc2N/N=C(\C)c2ccc(O)cc2O)cc1. The minimum Gasteiger partial charge on any atom is -0.508 e. The van der Waals surface area contributed by atoms with Gasteiger partial charge in [0, 0.05) is 29.4 Å². The number of hydrogen-bond donors (Lipinski definition) is 4. The molecule has 0 fully saturated rings. The topological polar surface area (TPSA) is 163 Å². The van der Waals surface area contributed by atoms with Crippen molar-refractivity contribution in [3.8, 4) is 17.2 Å². The van der Waals surface area contributed by atoms with Gasteiger partial charge >= 0.3 is 0 Å². The van der Waals surface area contributed by atoms with Crippen LogP contribution in [-0.2, 0) is 10.0 Å². The second-order valence-electron chi connectivity index (χ2n) is 6.78. The summed E-state index contributed by atoms with van der Waals surface area (Å²) in [5.41, 5.74) is 2.92. The largest absolute Gasteiger partial charge is 0.508 e.